The lowest BCUT2D eigenvalue weighted by Crippen LogP contribution is -2.30. The van der Waals surface area contributed by atoms with E-state index in [1.165, 1.54) is 31.2 Å². The summed E-state index contributed by atoms with van der Waals surface area (Å²) in [5.74, 6) is -0.0884. The third kappa shape index (κ3) is 4.39. The minimum atomic E-state index is -0.803. The normalized spacial score (nSPS) is 11.4. The van der Waals surface area contributed by atoms with Crippen molar-refractivity contribution in [3.63, 3.8) is 0 Å². The number of anilines is 1. The quantitative estimate of drug-likeness (QED) is 0.499. The second-order valence-corrected chi connectivity index (χ2v) is 5.14. The maximum absolute atomic E-state index is 12.1. The van der Waals surface area contributed by atoms with Crippen molar-refractivity contribution in [2.45, 2.75) is 20.0 Å². The van der Waals surface area contributed by atoms with Crippen LogP contribution in [0.1, 0.15) is 24.2 Å². The zero-order valence-electron chi connectivity index (χ0n) is 13.2. The average molecular weight is 328 g/mol. The van der Waals surface area contributed by atoms with E-state index < -0.39 is 16.9 Å². The van der Waals surface area contributed by atoms with Crippen LogP contribution in [0, 0.1) is 10.1 Å². The first-order valence-corrected chi connectivity index (χ1v) is 7.20. The van der Waals surface area contributed by atoms with E-state index >= 15 is 0 Å². The van der Waals surface area contributed by atoms with Crippen LogP contribution in [0.5, 0.6) is 5.75 Å². The van der Waals surface area contributed by atoms with E-state index in [9.17, 15) is 19.7 Å². The SMILES string of the molecule is CC(=O)c1cccc(OC(C)C(=O)Nc2ccc([N+](=O)[O-])cc2)c1. The highest BCUT2D eigenvalue weighted by Crippen LogP contribution is 2.18. The number of ether oxygens (including phenoxy) is 1. The molecule has 0 aliphatic carbocycles. The van der Waals surface area contributed by atoms with Crippen LogP contribution in [-0.2, 0) is 4.79 Å². The molecule has 1 amide bonds. The summed E-state index contributed by atoms with van der Waals surface area (Å²) in [7, 11) is 0. The molecule has 0 saturated heterocycles. The predicted octanol–water partition coefficient (Wildman–Crippen LogP) is 3.20. The Hall–Kier alpha value is -3.22. The molecule has 0 saturated carbocycles. The number of rotatable bonds is 6. The van der Waals surface area contributed by atoms with Crippen molar-refractivity contribution in [1.82, 2.24) is 0 Å². The molecule has 24 heavy (non-hydrogen) atoms. The fourth-order valence-electron chi connectivity index (χ4n) is 1.96. The molecule has 0 aliphatic rings. The Morgan fingerprint density at radius 3 is 2.42 bits per heavy atom. The van der Waals surface area contributed by atoms with Gasteiger partial charge in [-0.25, -0.2) is 0 Å². The molecule has 0 spiro atoms. The van der Waals surface area contributed by atoms with Crippen molar-refractivity contribution in [2.24, 2.45) is 0 Å². The molecule has 7 nitrogen and oxygen atoms in total. The van der Waals surface area contributed by atoms with Gasteiger partial charge >= 0.3 is 0 Å². The molecule has 0 bridgehead atoms. The topological polar surface area (TPSA) is 98.5 Å². The van der Waals surface area contributed by atoms with Crippen LogP contribution in [0.2, 0.25) is 0 Å². The number of nitrogens with zero attached hydrogens (tertiary/aromatic N) is 1. The summed E-state index contributed by atoms with van der Waals surface area (Å²) < 4.78 is 5.53. The summed E-state index contributed by atoms with van der Waals surface area (Å²) in [6.07, 6.45) is -0.803. The van der Waals surface area contributed by atoms with Crippen LogP contribution in [0.25, 0.3) is 0 Å². The highest BCUT2D eigenvalue weighted by Gasteiger charge is 2.16. The molecule has 7 heteroatoms. The lowest BCUT2D eigenvalue weighted by atomic mass is 10.1. The average Bonchev–Trinajstić information content (AvgIpc) is 2.55. The number of benzene rings is 2. The van der Waals surface area contributed by atoms with E-state index in [4.69, 9.17) is 4.74 Å². The first-order chi connectivity index (χ1) is 11.4. The van der Waals surface area contributed by atoms with Gasteiger partial charge in [0, 0.05) is 23.4 Å². The maximum atomic E-state index is 12.1. The molecule has 0 aliphatic heterocycles. The van der Waals surface area contributed by atoms with Crippen LogP contribution in [0.4, 0.5) is 11.4 Å². The standard InChI is InChI=1S/C17H16N2O5/c1-11(20)13-4-3-5-16(10-13)24-12(2)17(21)18-14-6-8-15(9-7-14)19(22)23/h3-10,12H,1-2H3,(H,18,21). The number of nitro benzene ring substituents is 1. The van der Waals surface area contributed by atoms with Crippen molar-refractivity contribution in [1.29, 1.82) is 0 Å². The molecule has 1 N–H and O–H groups in total. The largest absolute Gasteiger partial charge is 0.481 e. The van der Waals surface area contributed by atoms with Crippen molar-refractivity contribution in [2.75, 3.05) is 5.32 Å². The molecule has 124 valence electrons. The zero-order valence-corrected chi connectivity index (χ0v) is 13.2. The summed E-state index contributed by atoms with van der Waals surface area (Å²) in [5.41, 5.74) is 0.868. The van der Waals surface area contributed by atoms with Crippen molar-refractivity contribution < 1.29 is 19.2 Å². The minimum Gasteiger partial charge on any atom is -0.481 e. The van der Waals surface area contributed by atoms with Crippen molar-refractivity contribution in [3.8, 4) is 5.75 Å². The number of non-ortho nitro benzene ring substituents is 1. The summed E-state index contributed by atoms with van der Waals surface area (Å²) in [4.78, 5) is 33.5. The number of hydrogen-bond donors (Lipinski definition) is 1. The minimum absolute atomic E-state index is 0.0571. The Morgan fingerprint density at radius 2 is 1.83 bits per heavy atom. The highest BCUT2D eigenvalue weighted by atomic mass is 16.6. The van der Waals surface area contributed by atoms with Gasteiger partial charge in [0.05, 0.1) is 4.92 Å². The summed E-state index contributed by atoms with van der Waals surface area (Å²) in [6.45, 7) is 3.02. The number of carbonyl (C=O) groups is 2. The summed E-state index contributed by atoms with van der Waals surface area (Å²) in [5, 5.41) is 13.2. The molecule has 0 aromatic heterocycles. The number of carbonyl (C=O) groups excluding carboxylic acids is 2. The zero-order chi connectivity index (χ0) is 17.7. The number of nitrogens with one attached hydrogen (secondary N) is 1. The maximum Gasteiger partial charge on any atom is 0.269 e. The van der Waals surface area contributed by atoms with Gasteiger partial charge in [0.2, 0.25) is 0 Å². The predicted molar refractivity (Wildman–Crippen MR) is 88.3 cm³/mol. The number of Topliss-reactive ketones (excluding diaryl/α,β-unsaturated/α-hetero) is 1. The number of ketones is 1. The third-order valence-corrected chi connectivity index (χ3v) is 3.27. The Bertz CT molecular complexity index is 771. The molecule has 2 aromatic rings. The monoisotopic (exact) mass is 328 g/mol. The highest BCUT2D eigenvalue weighted by molar-refractivity contribution is 5.95. The molecular formula is C17H16N2O5. The van der Waals surface area contributed by atoms with Gasteiger partial charge in [-0.15, -0.1) is 0 Å². The summed E-state index contributed by atoms with van der Waals surface area (Å²) in [6, 6.07) is 12.1. The molecule has 1 atom stereocenters. The molecule has 2 rings (SSSR count). The molecule has 0 heterocycles. The Morgan fingerprint density at radius 1 is 1.17 bits per heavy atom. The fraction of sp³-hybridized carbons (Fsp3) is 0.176. The first-order valence-electron chi connectivity index (χ1n) is 7.20. The van der Waals surface area contributed by atoms with E-state index in [1.54, 1.807) is 31.2 Å². The van der Waals surface area contributed by atoms with Gasteiger partial charge in [-0.2, -0.15) is 0 Å². The van der Waals surface area contributed by atoms with Gasteiger partial charge in [-0.05, 0) is 38.1 Å². The van der Waals surface area contributed by atoms with Gasteiger partial charge in [-0.3, -0.25) is 19.7 Å². The van der Waals surface area contributed by atoms with Crippen LogP contribution in [-0.4, -0.2) is 22.7 Å². The molecular weight excluding hydrogens is 312 g/mol. The second kappa shape index (κ2) is 7.36. The number of amides is 1. The van der Waals surface area contributed by atoms with E-state index in [1.807, 2.05) is 0 Å². The molecule has 0 radical (unpaired) electrons. The van der Waals surface area contributed by atoms with Crippen LogP contribution in [0.15, 0.2) is 48.5 Å². The summed E-state index contributed by atoms with van der Waals surface area (Å²) >= 11 is 0. The number of nitro groups is 1. The molecule has 2 aromatic carbocycles. The third-order valence-electron chi connectivity index (χ3n) is 3.27. The lowest BCUT2D eigenvalue weighted by molar-refractivity contribution is -0.384. The number of hydrogen-bond acceptors (Lipinski definition) is 5. The van der Waals surface area contributed by atoms with Crippen molar-refractivity contribution >= 4 is 23.1 Å². The van der Waals surface area contributed by atoms with Crippen LogP contribution >= 0.6 is 0 Å². The second-order valence-electron chi connectivity index (χ2n) is 5.14. The van der Waals surface area contributed by atoms with Gasteiger partial charge in [-0.1, -0.05) is 12.1 Å². The fourth-order valence-corrected chi connectivity index (χ4v) is 1.96. The van der Waals surface area contributed by atoms with E-state index in [0.717, 1.165) is 0 Å². The molecule has 1 unspecified atom stereocenters. The van der Waals surface area contributed by atoms with Crippen LogP contribution in [0.3, 0.4) is 0 Å². The Kier molecular flexibility index (Phi) is 5.26. The smallest absolute Gasteiger partial charge is 0.269 e. The van der Waals surface area contributed by atoms with Crippen LogP contribution < -0.4 is 10.1 Å². The van der Waals surface area contributed by atoms with E-state index in [2.05, 4.69) is 5.32 Å². The molecule has 0 fully saturated rings. The van der Waals surface area contributed by atoms with E-state index in [-0.39, 0.29) is 11.5 Å². The van der Waals surface area contributed by atoms with Gasteiger partial charge in [0.25, 0.3) is 11.6 Å². The Labute approximate surface area is 138 Å². The van der Waals surface area contributed by atoms with Gasteiger partial charge < -0.3 is 10.1 Å². The van der Waals surface area contributed by atoms with Gasteiger partial charge in [0.1, 0.15) is 5.75 Å². The first kappa shape index (κ1) is 17.1. The van der Waals surface area contributed by atoms with E-state index in [0.29, 0.717) is 17.0 Å². The lowest BCUT2D eigenvalue weighted by Gasteiger charge is -2.15. The van der Waals surface area contributed by atoms with Crippen molar-refractivity contribution in [3.05, 3.63) is 64.2 Å². The Balaban J connectivity index is 2.00. The van der Waals surface area contributed by atoms with Gasteiger partial charge in [0.15, 0.2) is 11.9 Å².